The number of nitrogens with one attached hydrogen (secondary N) is 1. The van der Waals surface area contributed by atoms with Gasteiger partial charge >= 0.3 is 0 Å². The normalized spacial score (nSPS) is 11.9. The Kier molecular flexibility index (Phi) is 6.87. The molecule has 1 unspecified atom stereocenters. The van der Waals surface area contributed by atoms with E-state index in [1.165, 1.54) is 0 Å². The first kappa shape index (κ1) is 18.8. The summed E-state index contributed by atoms with van der Waals surface area (Å²) >= 11 is 0. The van der Waals surface area contributed by atoms with E-state index in [1.54, 1.807) is 12.1 Å². The van der Waals surface area contributed by atoms with Gasteiger partial charge in [0.25, 0.3) is 5.91 Å². The van der Waals surface area contributed by atoms with Gasteiger partial charge in [-0.2, -0.15) is 0 Å². The van der Waals surface area contributed by atoms with Gasteiger partial charge in [-0.25, -0.2) is 0 Å². The van der Waals surface area contributed by atoms with Crippen LogP contribution in [0.4, 0.5) is 5.69 Å². The molecule has 2 aromatic carbocycles. The quantitative estimate of drug-likeness (QED) is 0.722. The van der Waals surface area contributed by atoms with Crippen molar-refractivity contribution in [2.75, 3.05) is 11.9 Å². The maximum Gasteiger partial charge on any atom is 0.255 e. The minimum Gasteiger partial charge on any atom is -0.493 e. The van der Waals surface area contributed by atoms with Crippen molar-refractivity contribution in [3.63, 3.8) is 0 Å². The second kappa shape index (κ2) is 9.11. The smallest absolute Gasteiger partial charge is 0.255 e. The van der Waals surface area contributed by atoms with Gasteiger partial charge in [0.2, 0.25) is 0 Å². The highest BCUT2D eigenvalue weighted by molar-refractivity contribution is 6.04. The van der Waals surface area contributed by atoms with Crippen molar-refractivity contribution in [2.24, 2.45) is 5.92 Å². The molecule has 0 radical (unpaired) electrons. The lowest BCUT2D eigenvalue weighted by molar-refractivity contribution is 0.102. The van der Waals surface area contributed by atoms with Gasteiger partial charge in [-0.1, -0.05) is 20.8 Å². The van der Waals surface area contributed by atoms with Gasteiger partial charge in [0.15, 0.2) is 0 Å². The van der Waals surface area contributed by atoms with Crippen LogP contribution in [-0.4, -0.2) is 18.6 Å². The molecule has 0 spiro atoms. The first-order valence-electron chi connectivity index (χ1n) is 8.79. The van der Waals surface area contributed by atoms with E-state index < -0.39 is 0 Å². The van der Waals surface area contributed by atoms with E-state index in [-0.39, 0.29) is 12.0 Å². The monoisotopic (exact) mass is 341 g/mol. The van der Waals surface area contributed by atoms with E-state index in [0.717, 1.165) is 23.6 Å². The van der Waals surface area contributed by atoms with E-state index >= 15 is 0 Å². The molecule has 134 valence electrons. The standard InChI is InChI=1S/C21H27NO3/c1-5-16(4)25-20-10-6-17(7-11-20)21(23)22-18-8-12-19(13-9-18)24-14-15(2)3/h6-13,15-16H,5,14H2,1-4H3,(H,22,23). The Hall–Kier alpha value is -2.49. The zero-order valence-corrected chi connectivity index (χ0v) is 15.4. The highest BCUT2D eigenvalue weighted by Crippen LogP contribution is 2.19. The minimum absolute atomic E-state index is 0.147. The average molecular weight is 341 g/mol. The highest BCUT2D eigenvalue weighted by atomic mass is 16.5. The first-order chi connectivity index (χ1) is 12.0. The zero-order chi connectivity index (χ0) is 18.2. The van der Waals surface area contributed by atoms with Crippen molar-refractivity contribution in [2.45, 2.75) is 40.2 Å². The van der Waals surface area contributed by atoms with E-state index in [9.17, 15) is 4.79 Å². The fourth-order valence-electron chi connectivity index (χ4n) is 2.10. The number of ether oxygens (including phenoxy) is 2. The van der Waals surface area contributed by atoms with Gasteiger partial charge in [0.1, 0.15) is 11.5 Å². The van der Waals surface area contributed by atoms with Crippen LogP contribution >= 0.6 is 0 Å². The molecule has 0 aromatic heterocycles. The molecular weight excluding hydrogens is 314 g/mol. The van der Waals surface area contributed by atoms with Crippen LogP contribution in [0.1, 0.15) is 44.5 Å². The Balaban J connectivity index is 1.92. The molecule has 0 saturated carbocycles. The molecule has 0 saturated heterocycles. The molecule has 4 heteroatoms. The molecule has 25 heavy (non-hydrogen) atoms. The number of hydrogen-bond donors (Lipinski definition) is 1. The molecule has 1 amide bonds. The third-order valence-electron chi connectivity index (χ3n) is 3.72. The molecule has 0 bridgehead atoms. The van der Waals surface area contributed by atoms with Crippen LogP contribution in [0.5, 0.6) is 11.5 Å². The predicted octanol–water partition coefficient (Wildman–Crippen LogP) is 5.15. The molecule has 0 aliphatic carbocycles. The predicted molar refractivity (Wildman–Crippen MR) is 102 cm³/mol. The fraction of sp³-hybridized carbons (Fsp3) is 0.381. The molecule has 0 aliphatic heterocycles. The third-order valence-corrected chi connectivity index (χ3v) is 3.72. The van der Waals surface area contributed by atoms with E-state index in [4.69, 9.17) is 9.47 Å². The van der Waals surface area contributed by atoms with E-state index in [1.807, 2.05) is 43.3 Å². The lowest BCUT2D eigenvalue weighted by Crippen LogP contribution is -2.12. The topological polar surface area (TPSA) is 47.6 Å². The van der Waals surface area contributed by atoms with Crippen LogP contribution in [0.25, 0.3) is 0 Å². The van der Waals surface area contributed by atoms with Crippen molar-refractivity contribution in [1.29, 1.82) is 0 Å². The van der Waals surface area contributed by atoms with E-state index in [0.29, 0.717) is 18.1 Å². The SMILES string of the molecule is CCC(C)Oc1ccc(C(=O)Nc2ccc(OCC(C)C)cc2)cc1. The number of carbonyl (C=O) groups is 1. The van der Waals surface area contributed by atoms with Gasteiger partial charge < -0.3 is 14.8 Å². The number of benzene rings is 2. The summed E-state index contributed by atoms with van der Waals surface area (Å²) in [5.74, 6) is 1.91. The highest BCUT2D eigenvalue weighted by Gasteiger charge is 2.08. The van der Waals surface area contributed by atoms with Gasteiger partial charge in [-0.3, -0.25) is 4.79 Å². The van der Waals surface area contributed by atoms with Crippen LogP contribution < -0.4 is 14.8 Å². The second-order valence-electron chi connectivity index (χ2n) is 6.54. The van der Waals surface area contributed by atoms with Crippen molar-refractivity contribution in [1.82, 2.24) is 0 Å². The lowest BCUT2D eigenvalue weighted by Gasteiger charge is -2.13. The number of hydrogen-bond acceptors (Lipinski definition) is 3. The lowest BCUT2D eigenvalue weighted by atomic mass is 10.2. The molecule has 0 heterocycles. The Morgan fingerprint density at radius 3 is 2.12 bits per heavy atom. The first-order valence-corrected chi connectivity index (χ1v) is 8.79. The molecule has 2 aromatic rings. The summed E-state index contributed by atoms with van der Waals surface area (Å²) in [5, 5.41) is 2.89. The van der Waals surface area contributed by atoms with Crippen molar-refractivity contribution in [3.8, 4) is 11.5 Å². The number of amides is 1. The molecular formula is C21H27NO3. The van der Waals surface area contributed by atoms with Gasteiger partial charge in [-0.15, -0.1) is 0 Å². The fourth-order valence-corrected chi connectivity index (χ4v) is 2.10. The molecule has 4 nitrogen and oxygen atoms in total. The summed E-state index contributed by atoms with van der Waals surface area (Å²) in [5.41, 5.74) is 1.33. The molecule has 2 rings (SSSR count). The Labute approximate surface area is 150 Å². The molecule has 0 fully saturated rings. The second-order valence-corrected chi connectivity index (χ2v) is 6.54. The summed E-state index contributed by atoms with van der Waals surface area (Å²) in [6.45, 7) is 8.99. The maximum atomic E-state index is 12.3. The van der Waals surface area contributed by atoms with Crippen LogP contribution in [0, 0.1) is 5.92 Å². The largest absolute Gasteiger partial charge is 0.493 e. The molecule has 1 atom stereocenters. The summed E-state index contributed by atoms with van der Waals surface area (Å²) in [6.07, 6.45) is 1.11. The average Bonchev–Trinajstić information content (AvgIpc) is 2.61. The van der Waals surface area contributed by atoms with Crippen molar-refractivity contribution >= 4 is 11.6 Å². The Morgan fingerprint density at radius 1 is 0.960 bits per heavy atom. The van der Waals surface area contributed by atoms with Crippen LogP contribution in [0.3, 0.4) is 0 Å². The van der Waals surface area contributed by atoms with Gasteiger partial charge in [-0.05, 0) is 67.8 Å². The molecule has 0 aliphatic rings. The van der Waals surface area contributed by atoms with E-state index in [2.05, 4.69) is 26.1 Å². The number of rotatable bonds is 8. The summed E-state index contributed by atoms with van der Waals surface area (Å²) in [6, 6.07) is 14.6. The summed E-state index contributed by atoms with van der Waals surface area (Å²) < 4.78 is 11.4. The van der Waals surface area contributed by atoms with Gasteiger partial charge in [0, 0.05) is 11.3 Å². The summed E-state index contributed by atoms with van der Waals surface area (Å²) in [7, 11) is 0. The Morgan fingerprint density at radius 2 is 1.56 bits per heavy atom. The maximum absolute atomic E-state index is 12.3. The summed E-state index contributed by atoms with van der Waals surface area (Å²) in [4.78, 5) is 12.3. The zero-order valence-electron chi connectivity index (χ0n) is 15.4. The Bertz CT molecular complexity index is 663. The third kappa shape index (κ3) is 6.14. The van der Waals surface area contributed by atoms with Crippen molar-refractivity contribution in [3.05, 3.63) is 54.1 Å². The van der Waals surface area contributed by atoms with Gasteiger partial charge in [0.05, 0.1) is 12.7 Å². The van der Waals surface area contributed by atoms with Crippen LogP contribution in [0.15, 0.2) is 48.5 Å². The van der Waals surface area contributed by atoms with Crippen LogP contribution in [0.2, 0.25) is 0 Å². The minimum atomic E-state index is -0.147. The molecule has 1 N–H and O–H groups in total. The van der Waals surface area contributed by atoms with Crippen LogP contribution in [-0.2, 0) is 0 Å². The van der Waals surface area contributed by atoms with Crippen molar-refractivity contribution < 1.29 is 14.3 Å². The number of anilines is 1. The number of carbonyl (C=O) groups excluding carboxylic acids is 1.